The highest BCUT2D eigenvalue weighted by Gasteiger charge is 2.14. The van der Waals surface area contributed by atoms with Gasteiger partial charge in [0.25, 0.3) is 5.91 Å². The monoisotopic (exact) mass is 324 g/mol. The predicted molar refractivity (Wildman–Crippen MR) is 85.0 cm³/mol. The molecule has 0 bridgehead atoms. The number of hydrogen-bond donors (Lipinski definition) is 2. The van der Waals surface area contributed by atoms with Gasteiger partial charge in [-0.25, -0.2) is 4.79 Å². The zero-order chi connectivity index (χ0) is 16.7. The minimum absolute atomic E-state index is 0.0803. The van der Waals surface area contributed by atoms with Crippen LogP contribution in [-0.4, -0.2) is 36.9 Å². The number of nitrogens with one attached hydrogen (secondary N) is 1. The molecule has 0 fully saturated rings. The van der Waals surface area contributed by atoms with Gasteiger partial charge >= 0.3 is 5.97 Å². The van der Waals surface area contributed by atoms with Crippen molar-refractivity contribution in [3.63, 3.8) is 0 Å². The maximum atomic E-state index is 11.7. The largest absolute Gasteiger partial charge is 0.512 e. The Labute approximate surface area is 133 Å². The standard InChI is InChI=1S/C15H17ClN2O4/c1-4-22-15(21)11(9(2)19)8-18-12-7-5-6-10(13(12)16)14(20)17-3/h5-8,19H,4H2,1-3H3,(H,17,20). The lowest BCUT2D eigenvalue weighted by atomic mass is 10.2. The van der Waals surface area contributed by atoms with E-state index in [1.165, 1.54) is 14.0 Å². The molecular formula is C15H17ClN2O4. The highest BCUT2D eigenvalue weighted by molar-refractivity contribution is 6.36. The summed E-state index contributed by atoms with van der Waals surface area (Å²) in [4.78, 5) is 27.4. The quantitative estimate of drug-likeness (QED) is 0.377. The summed E-state index contributed by atoms with van der Waals surface area (Å²) in [7, 11) is 1.49. The number of halogens is 1. The normalized spacial score (nSPS) is 12.0. The maximum Gasteiger partial charge on any atom is 0.343 e. The third kappa shape index (κ3) is 4.33. The lowest BCUT2D eigenvalue weighted by molar-refractivity contribution is -0.138. The van der Waals surface area contributed by atoms with E-state index in [9.17, 15) is 14.7 Å². The SMILES string of the molecule is CCOC(=O)C(C=Nc1cccc(C(=O)NC)c1Cl)=C(C)O. The summed E-state index contributed by atoms with van der Waals surface area (Å²) in [6.07, 6.45) is 1.15. The summed E-state index contributed by atoms with van der Waals surface area (Å²) in [6, 6.07) is 4.75. The van der Waals surface area contributed by atoms with Gasteiger partial charge in [-0.3, -0.25) is 9.79 Å². The van der Waals surface area contributed by atoms with Gasteiger partial charge in [0.15, 0.2) is 0 Å². The molecule has 0 saturated carbocycles. The highest BCUT2D eigenvalue weighted by Crippen LogP contribution is 2.28. The van der Waals surface area contributed by atoms with E-state index >= 15 is 0 Å². The van der Waals surface area contributed by atoms with Gasteiger partial charge in [-0.15, -0.1) is 0 Å². The van der Waals surface area contributed by atoms with Crippen molar-refractivity contribution in [1.82, 2.24) is 5.32 Å². The van der Waals surface area contributed by atoms with Gasteiger partial charge in [-0.05, 0) is 26.0 Å². The van der Waals surface area contributed by atoms with Crippen LogP contribution in [0.15, 0.2) is 34.5 Å². The molecule has 0 heterocycles. The van der Waals surface area contributed by atoms with Gasteiger partial charge < -0.3 is 15.2 Å². The number of nitrogens with zero attached hydrogens (tertiary/aromatic N) is 1. The molecule has 0 saturated heterocycles. The van der Waals surface area contributed by atoms with Gasteiger partial charge in [0.05, 0.1) is 22.9 Å². The van der Waals surface area contributed by atoms with Crippen LogP contribution in [0.2, 0.25) is 5.02 Å². The van der Waals surface area contributed by atoms with Crippen LogP contribution in [0.3, 0.4) is 0 Å². The van der Waals surface area contributed by atoms with E-state index in [4.69, 9.17) is 16.3 Å². The van der Waals surface area contributed by atoms with Crippen molar-refractivity contribution in [2.24, 2.45) is 4.99 Å². The molecule has 22 heavy (non-hydrogen) atoms. The average molecular weight is 325 g/mol. The van der Waals surface area contributed by atoms with Crippen LogP contribution in [0.1, 0.15) is 24.2 Å². The van der Waals surface area contributed by atoms with Crippen molar-refractivity contribution < 1.29 is 19.4 Å². The Morgan fingerprint density at radius 3 is 2.68 bits per heavy atom. The molecule has 118 valence electrons. The number of aliphatic imine (C=N–C) groups is 1. The summed E-state index contributed by atoms with van der Waals surface area (Å²) in [5.41, 5.74) is 0.482. The third-order valence-electron chi connectivity index (χ3n) is 2.67. The Bertz CT molecular complexity index is 634. The second-order valence-electron chi connectivity index (χ2n) is 4.20. The number of amides is 1. The number of benzene rings is 1. The molecule has 6 nitrogen and oxygen atoms in total. The van der Waals surface area contributed by atoms with Crippen molar-refractivity contribution >= 4 is 35.4 Å². The molecule has 0 aliphatic carbocycles. The van der Waals surface area contributed by atoms with Crippen molar-refractivity contribution in [2.45, 2.75) is 13.8 Å². The predicted octanol–water partition coefficient (Wildman–Crippen LogP) is 2.80. The van der Waals surface area contributed by atoms with Crippen molar-refractivity contribution in [2.75, 3.05) is 13.7 Å². The fourth-order valence-electron chi connectivity index (χ4n) is 1.57. The van der Waals surface area contributed by atoms with Gasteiger partial charge in [-0.1, -0.05) is 17.7 Å². The molecule has 1 amide bonds. The van der Waals surface area contributed by atoms with Crippen LogP contribution in [0, 0.1) is 0 Å². The topological polar surface area (TPSA) is 88.0 Å². The molecule has 1 rings (SSSR count). The van der Waals surface area contributed by atoms with Crippen molar-refractivity contribution in [3.05, 3.63) is 40.1 Å². The van der Waals surface area contributed by atoms with Gasteiger partial charge in [0, 0.05) is 13.3 Å². The van der Waals surface area contributed by atoms with E-state index in [1.807, 2.05) is 0 Å². The Kier molecular flexibility index (Phi) is 6.59. The van der Waals surface area contributed by atoms with E-state index in [2.05, 4.69) is 10.3 Å². The first kappa shape index (κ1) is 17.7. The molecule has 0 aliphatic heterocycles. The number of ether oxygens (including phenoxy) is 1. The van der Waals surface area contributed by atoms with Crippen LogP contribution < -0.4 is 5.32 Å². The summed E-state index contributed by atoms with van der Waals surface area (Å²) in [5.74, 6) is -1.26. The molecule has 7 heteroatoms. The first-order valence-electron chi connectivity index (χ1n) is 6.54. The van der Waals surface area contributed by atoms with Crippen molar-refractivity contribution in [3.8, 4) is 0 Å². The third-order valence-corrected chi connectivity index (χ3v) is 3.07. The van der Waals surface area contributed by atoms with Crippen LogP contribution in [0.25, 0.3) is 0 Å². The molecule has 1 aromatic carbocycles. The number of carbonyl (C=O) groups excluding carboxylic acids is 2. The number of aliphatic hydroxyl groups excluding tert-OH is 1. The summed E-state index contributed by atoms with van der Waals surface area (Å²) in [6.45, 7) is 3.18. The minimum Gasteiger partial charge on any atom is -0.512 e. The van der Waals surface area contributed by atoms with Gasteiger partial charge in [0.1, 0.15) is 11.3 Å². The summed E-state index contributed by atoms with van der Waals surface area (Å²) < 4.78 is 4.82. The number of allylic oxidation sites excluding steroid dienone is 1. The van der Waals surface area contributed by atoms with E-state index in [0.717, 1.165) is 6.21 Å². The van der Waals surface area contributed by atoms with Gasteiger partial charge in [-0.2, -0.15) is 0 Å². The molecular weight excluding hydrogens is 308 g/mol. The molecule has 1 aromatic rings. The number of carbonyl (C=O) groups is 2. The molecule has 2 N–H and O–H groups in total. The zero-order valence-electron chi connectivity index (χ0n) is 12.5. The lowest BCUT2D eigenvalue weighted by Crippen LogP contribution is -2.18. The first-order chi connectivity index (χ1) is 10.4. The second kappa shape index (κ2) is 8.19. The minimum atomic E-state index is -0.690. The Hall–Kier alpha value is -2.34. The zero-order valence-corrected chi connectivity index (χ0v) is 13.3. The Balaban J connectivity index is 3.15. The maximum absolute atomic E-state index is 11.7. The summed E-state index contributed by atoms with van der Waals surface area (Å²) in [5, 5.41) is 12.1. The average Bonchev–Trinajstić information content (AvgIpc) is 2.48. The van der Waals surface area contributed by atoms with Crippen LogP contribution in [0.5, 0.6) is 0 Å². The van der Waals surface area contributed by atoms with E-state index < -0.39 is 5.97 Å². The summed E-state index contributed by atoms with van der Waals surface area (Å²) >= 11 is 6.12. The molecule has 0 aromatic heterocycles. The number of rotatable bonds is 5. The van der Waals surface area contributed by atoms with Crippen LogP contribution in [-0.2, 0) is 9.53 Å². The number of esters is 1. The Morgan fingerprint density at radius 1 is 1.45 bits per heavy atom. The molecule has 0 radical (unpaired) electrons. The fraction of sp³-hybridized carbons (Fsp3) is 0.267. The van der Waals surface area contributed by atoms with E-state index in [0.29, 0.717) is 5.69 Å². The molecule has 0 unspecified atom stereocenters. The van der Waals surface area contributed by atoms with Crippen LogP contribution in [0.4, 0.5) is 5.69 Å². The van der Waals surface area contributed by atoms with E-state index in [-0.39, 0.29) is 34.4 Å². The Morgan fingerprint density at radius 2 is 2.14 bits per heavy atom. The first-order valence-corrected chi connectivity index (χ1v) is 6.91. The van der Waals surface area contributed by atoms with E-state index in [1.54, 1.807) is 25.1 Å². The second-order valence-corrected chi connectivity index (χ2v) is 4.57. The van der Waals surface area contributed by atoms with Crippen LogP contribution >= 0.6 is 11.6 Å². The van der Waals surface area contributed by atoms with Gasteiger partial charge in [0.2, 0.25) is 0 Å². The molecule has 0 aliphatic rings. The highest BCUT2D eigenvalue weighted by atomic mass is 35.5. The lowest BCUT2D eigenvalue weighted by Gasteiger charge is -2.06. The molecule has 0 spiro atoms. The number of hydrogen-bond acceptors (Lipinski definition) is 5. The smallest absolute Gasteiger partial charge is 0.343 e. The number of aliphatic hydroxyl groups is 1. The molecule has 0 atom stereocenters. The fourth-order valence-corrected chi connectivity index (χ4v) is 1.83. The van der Waals surface area contributed by atoms with Crippen molar-refractivity contribution in [1.29, 1.82) is 0 Å².